The van der Waals surface area contributed by atoms with Crippen molar-refractivity contribution in [3.8, 4) is 11.5 Å². The van der Waals surface area contributed by atoms with E-state index in [2.05, 4.69) is 0 Å². The van der Waals surface area contributed by atoms with E-state index < -0.39 is 0 Å². The lowest BCUT2D eigenvalue weighted by Gasteiger charge is -2.13. The van der Waals surface area contributed by atoms with Gasteiger partial charge >= 0.3 is 0 Å². The molecule has 8 heteroatoms. The minimum atomic E-state index is -0.370. The topological polar surface area (TPSA) is 55.8 Å². The zero-order valence-corrected chi connectivity index (χ0v) is 16.8. The number of carbonyl (C=O) groups is 2. The summed E-state index contributed by atoms with van der Waals surface area (Å²) in [5.74, 6) is 0.754. The molecule has 2 amide bonds. The molecule has 0 N–H and O–H groups in total. The first-order valence-electron chi connectivity index (χ1n) is 7.84. The van der Waals surface area contributed by atoms with Gasteiger partial charge in [-0.2, -0.15) is 0 Å². The molecule has 0 spiro atoms. The van der Waals surface area contributed by atoms with E-state index in [4.69, 9.17) is 32.7 Å². The summed E-state index contributed by atoms with van der Waals surface area (Å²) in [4.78, 5) is 26.5. The maximum Gasteiger partial charge on any atom is 0.293 e. The summed E-state index contributed by atoms with van der Waals surface area (Å²) in [6.45, 7) is 0.0872. The van der Waals surface area contributed by atoms with Crippen molar-refractivity contribution in [2.45, 2.75) is 6.54 Å². The first-order valence-corrected chi connectivity index (χ1v) is 9.41. The Bertz CT molecular complexity index is 945. The largest absolute Gasteiger partial charge is 0.493 e. The van der Waals surface area contributed by atoms with Crippen LogP contribution >= 0.6 is 35.0 Å². The van der Waals surface area contributed by atoms with Gasteiger partial charge < -0.3 is 9.47 Å². The van der Waals surface area contributed by atoms with E-state index in [9.17, 15) is 9.59 Å². The van der Waals surface area contributed by atoms with Crippen LogP contribution in [0.15, 0.2) is 41.3 Å². The number of thioether (sulfide) groups is 1. The van der Waals surface area contributed by atoms with Crippen molar-refractivity contribution in [2.75, 3.05) is 14.2 Å². The highest BCUT2D eigenvalue weighted by Gasteiger charge is 2.35. The molecule has 0 atom stereocenters. The number of amides is 2. The van der Waals surface area contributed by atoms with Crippen LogP contribution in [0.4, 0.5) is 4.79 Å². The highest BCUT2D eigenvalue weighted by molar-refractivity contribution is 8.18. The van der Waals surface area contributed by atoms with Gasteiger partial charge in [-0.3, -0.25) is 14.5 Å². The Morgan fingerprint density at radius 3 is 2.44 bits per heavy atom. The number of benzene rings is 2. The van der Waals surface area contributed by atoms with E-state index in [1.165, 1.54) is 7.11 Å². The van der Waals surface area contributed by atoms with Gasteiger partial charge in [0.2, 0.25) is 0 Å². The Hall–Kier alpha value is -2.15. The highest BCUT2D eigenvalue weighted by Crippen LogP contribution is 2.36. The van der Waals surface area contributed by atoms with Gasteiger partial charge in [-0.1, -0.05) is 35.3 Å². The smallest absolute Gasteiger partial charge is 0.293 e. The molecule has 1 fully saturated rings. The fourth-order valence-electron chi connectivity index (χ4n) is 2.55. The van der Waals surface area contributed by atoms with Gasteiger partial charge in [0, 0.05) is 10.0 Å². The number of methoxy groups -OCH3 is 2. The minimum Gasteiger partial charge on any atom is -0.493 e. The first kappa shape index (κ1) is 19.6. The van der Waals surface area contributed by atoms with Crippen molar-refractivity contribution in [1.29, 1.82) is 0 Å². The normalized spacial score (nSPS) is 15.6. The third kappa shape index (κ3) is 4.24. The quantitative estimate of drug-likeness (QED) is 0.614. The van der Waals surface area contributed by atoms with Crippen LogP contribution in [-0.4, -0.2) is 30.3 Å². The van der Waals surface area contributed by atoms with E-state index in [0.717, 1.165) is 22.2 Å². The van der Waals surface area contributed by atoms with Crippen LogP contribution in [0.1, 0.15) is 11.1 Å². The van der Waals surface area contributed by atoms with Crippen molar-refractivity contribution in [3.05, 3.63) is 62.5 Å². The number of hydrogen-bond acceptors (Lipinski definition) is 5. The van der Waals surface area contributed by atoms with E-state index in [-0.39, 0.29) is 17.7 Å². The van der Waals surface area contributed by atoms with Crippen LogP contribution in [0, 0.1) is 0 Å². The Morgan fingerprint density at radius 1 is 1.04 bits per heavy atom. The lowest BCUT2D eigenvalue weighted by atomic mass is 10.1. The van der Waals surface area contributed by atoms with Crippen LogP contribution in [0.25, 0.3) is 6.08 Å². The van der Waals surface area contributed by atoms with Crippen LogP contribution < -0.4 is 9.47 Å². The number of nitrogens with zero attached hydrogens (tertiary/aromatic N) is 1. The minimum absolute atomic E-state index is 0.0872. The first-order chi connectivity index (χ1) is 12.9. The standard InChI is InChI=1S/C19H15Cl2NO4S/c1-25-15-6-3-11(7-16(15)26-2)8-17-18(23)22(19(24)27-17)10-12-4-5-13(20)9-14(12)21/h3-9H,10H2,1-2H3/b17-8-. The number of halogens is 2. The monoisotopic (exact) mass is 423 g/mol. The Labute approximate surface area is 170 Å². The molecule has 1 saturated heterocycles. The van der Waals surface area contributed by atoms with Crippen molar-refractivity contribution in [1.82, 2.24) is 4.90 Å². The predicted molar refractivity (Wildman–Crippen MR) is 108 cm³/mol. The summed E-state index contributed by atoms with van der Waals surface area (Å²) >= 11 is 12.9. The van der Waals surface area contributed by atoms with Crippen molar-refractivity contribution < 1.29 is 19.1 Å². The molecule has 0 radical (unpaired) electrons. The summed E-state index contributed by atoms with van der Waals surface area (Å²) in [6, 6.07) is 10.2. The summed E-state index contributed by atoms with van der Waals surface area (Å²) in [7, 11) is 3.08. The lowest BCUT2D eigenvalue weighted by molar-refractivity contribution is -0.123. The fraction of sp³-hybridized carbons (Fsp3) is 0.158. The van der Waals surface area contributed by atoms with Crippen molar-refractivity contribution in [3.63, 3.8) is 0 Å². The molecule has 2 aromatic carbocycles. The maximum absolute atomic E-state index is 12.7. The molecule has 2 aromatic rings. The molecule has 0 unspecified atom stereocenters. The van der Waals surface area contributed by atoms with Gasteiger partial charge in [0.1, 0.15) is 0 Å². The van der Waals surface area contributed by atoms with E-state index in [1.807, 2.05) is 0 Å². The van der Waals surface area contributed by atoms with E-state index in [1.54, 1.807) is 49.6 Å². The SMILES string of the molecule is COc1ccc(/C=C2\SC(=O)N(Cc3ccc(Cl)cc3Cl)C2=O)cc1OC. The van der Waals surface area contributed by atoms with Gasteiger partial charge in [-0.25, -0.2) is 0 Å². The highest BCUT2D eigenvalue weighted by atomic mass is 35.5. The third-order valence-corrected chi connectivity index (χ3v) is 5.42. The zero-order valence-electron chi connectivity index (χ0n) is 14.5. The average molecular weight is 424 g/mol. The van der Waals surface area contributed by atoms with E-state index >= 15 is 0 Å². The van der Waals surface area contributed by atoms with E-state index in [0.29, 0.717) is 32.0 Å². The van der Waals surface area contributed by atoms with Gasteiger partial charge in [-0.15, -0.1) is 0 Å². The molecule has 3 rings (SSSR count). The van der Waals surface area contributed by atoms with Gasteiger partial charge in [0.15, 0.2) is 11.5 Å². The summed E-state index contributed by atoms with van der Waals surface area (Å²) in [5, 5.41) is 0.550. The third-order valence-electron chi connectivity index (χ3n) is 3.92. The zero-order chi connectivity index (χ0) is 19.6. The molecule has 0 bridgehead atoms. The number of carbonyl (C=O) groups excluding carboxylic acids is 2. The van der Waals surface area contributed by atoms with Crippen molar-refractivity contribution in [2.24, 2.45) is 0 Å². The average Bonchev–Trinajstić information content (AvgIpc) is 2.91. The molecule has 5 nitrogen and oxygen atoms in total. The molecule has 0 aromatic heterocycles. The number of hydrogen-bond donors (Lipinski definition) is 0. The molecule has 1 aliphatic rings. The second-order valence-corrected chi connectivity index (χ2v) is 7.45. The summed E-state index contributed by atoms with van der Waals surface area (Å²) in [6.07, 6.45) is 1.65. The van der Waals surface area contributed by atoms with Gasteiger partial charge in [0.25, 0.3) is 11.1 Å². The second kappa shape index (κ2) is 8.25. The molecule has 140 valence electrons. The molecule has 27 heavy (non-hydrogen) atoms. The number of ether oxygens (including phenoxy) is 2. The van der Waals surface area contributed by atoms with Crippen LogP contribution in [-0.2, 0) is 11.3 Å². The molecule has 0 aliphatic carbocycles. The van der Waals surface area contributed by atoms with Crippen LogP contribution in [0.2, 0.25) is 10.0 Å². The summed E-state index contributed by atoms with van der Waals surface area (Å²) < 4.78 is 10.5. The lowest BCUT2D eigenvalue weighted by Crippen LogP contribution is -2.27. The Morgan fingerprint density at radius 2 is 1.78 bits per heavy atom. The molecule has 0 saturated carbocycles. The summed E-state index contributed by atoms with van der Waals surface area (Å²) in [5.41, 5.74) is 1.37. The fourth-order valence-corrected chi connectivity index (χ4v) is 3.86. The van der Waals surface area contributed by atoms with Crippen molar-refractivity contribution >= 4 is 52.2 Å². The molecule has 1 heterocycles. The molecule has 1 aliphatic heterocycles. The number of imide groups is 1. The Balaban J connectivity index is 1.84. The van der Waals surface area contributed by atoms with Crippen LogP contribution in [0.3, 0.4) is 0 Å². The Kier molecular flexibility index (Phi) is 5.99. The molecular formula is C19H15Cl2NO4S. The maximum atomic E-state index is 12.7. The predicted octanol–water partition coefficient (Wildman–Crippen LogP) is 5.25. The van der Waals surface area contributed by atoms with Crippen LogP contribution in [0.5, 0.6) is 11.5 Å². The second-order valence-electron chi connectivity index (χ2n) is 5.62. The van der Waals surface area contributed by atoms with Gasteiger partial charge in [-0.05, 0) is 53.2 Å². The van der Waals surface area contributed by atoms with Gasteiger partial charge in [0.05, 0.1) is 25.7 Å². The molecular weight excluding hydrogens is 409 g/mol. The number of rotatable bonds is 5.